The van der Waals surface area contributed by atoms with Crippen molar-refractivity contribution in [1.29, 1.82) is 0 Å². The fraction of sp³-hybridized carbons (Fsp3) is 0.0909. The van der Waals surface area contributed by atoms with Crippen molar-refractivity contribution in [3.05, 3.63) is 107 Å². The zero-order chi connectivity index (χ0) is 19.3. The van der Waals surface area contributed by atoms with Gasteiger partial charge in [-0.05, 0) is 42.3 Å². The van der Waals surface area contributed by atoms with Crippen molar-refractivity contribution in [3.8, 4) is 5.69 Å². The average Bonchev–Trinajstić information content (AvgIpc) is 3.21. The van der Waals surface area contributed by atoms with Crippen LogP contribution >= 0.6 is 0 Å². The number of hydrogen-bond donors (Lipinski definition) is 0. The molecule has 0 N–H and O–H groups in total. The summed E-state index contributed by atoms with van der Waals surface area (Å²) in [5.41, 5.74) is 3.87. The summed E-state index contributed by atoms with van der Waals surface area (Å²) in [6.07, 6.45) is 3.51. The summed E-state index contributed by atoms with van der Waals surface area (Å²) in [6.45, 7) is 2.63. The number of aryl methyl sites for hydroxylation is 1. The summed E-state index contributed by atoms with van der Waals surface area (Å²) < 4.78 is 3.51. The molecule has 6 nitrogen and oxygen atoms in total. The topological polar surface area (TPSA) is 65.1 Å². The predicted octanol–water partition coefficient (Wildman–Crippen LogP) is 3.17. The van der Waals surface area contributed by atoms with E-state index in [1.54, 1.807) is 10.9 Å². The molecule has 4 aromatic rings. The summed E-state index contributed by atoms with van der Waals surface area (Å²) in [5, 5.41) is 8.05. The molecule has 2 heterocycles. The molecule has 2 aromatic carbocycles. The summed E-state index contributed by atoms with van der Waals surface area (Å²) in [5.74, 6) is -0.424. The zero-order valence-corrected chi connectivity index (χ0v) is 15.4. The van der Waals surface area contributed by atoms with Crippen LogP contribution in [0.15, 0.2) is 90.2 Å². The lowest BCUT2D eigenvalue weighted by Gasteiger charge is -2.06. The Morgan fingerprint density at radius 2 is 1.82 bits per heavy atom. The van der Waals surface area contributed by atoms with Crippen LogP contribution in [0.1, 0.15) is 21.6 Å². The van der Waals surface area contributed by atoms with Crippen LogP contribution in [0.2, 0.25) is 0 Å². The van der Waals surface area contributed by atoms with Gasteiger partial charge in [-0.15, -0.1) is 5.10 Å². The number of amides is 1. The molecular weight excluding hydrogens is 350 g/mol. The van der Waals surface area contributed by atoms with Crippen LogP contribution in [0.4, 0.5) is 0 Å². The summed E-state index contributed by atoms with van der Waals surface area (Å²) in [6, 6.07) is 23.5. The van der Waals surface area contributed by atoms with Crippen LogP contribution in [0.3, 0.4) is 0 Å². The highest BCUT2D eigenvalue weighted by Crippen LogP contribution is 2.09. The molecule has 0 aliphatic heterocycles. The van der Waals surface area contributed by atoms with Crippen molar-refractivity contribution in [2.75, 3.05) is 0 Å². The predicted molar refractivity (Wildman–Crippen MR) is 106 cm³/mol. The second kappa shape index (κ2) is 7.84. The Hall–Kier alpha value is -3.80. The van der Waals surface area contributed by atoms with E-state index in [9.17, 15) is 4.79 Å². The number of pyridine rings is 1. The molecule has 28 heavy (non-hydrogen) atoms. The number of carbonyl (C=O) groups excluding carboxylic acids is 1. The van der Waals surface area contributed by atoms with E-state index in [-0.39, 0.29) is 5.69 Å². The lowest BCUT2D eigenvalue weighted by Crippen LogP contribution is -2.22. The number of nitrogens with zero attached hydrogens (tertiary/aromatic N) is 5. The van der Waals surface area contributed by atoms with Gasteiger partial charge in [0.05, 0.1) is 11.9 Å². The third-order valence-corrected chi connectivity index (χ3v) is 4.31. The van der Waals surface area contributed by atoms with Gasteiger partial charge >= 0.3 is 5.91 Å². The van der Waals surface area contributed by atoms with Gasteiger partial charge < -0.3 is 4.57 Å². The lowest BCUT2D eigenvalue weighted by molar-refractivity contribution is 0.0992. The molecule has 0 aliphatic rings. The lowest BCUT2D eigenvalue weighted by atomic mass is 10.2. The van der Waals surface area contributed by atoms with Gasteiger partial charge in [-0.25, -0.2) is 4.68 Å². The number of aromatic nitrogens is 4. The first-order valence-corrected chi connectivity index (χ1v) is 8.97. The molecule has 0 spiro atoms. The number of carbonyl (C=O) groups is 1. The molecule has 0 saturated heterocycles. The maximum Gasteiger partial charge on any atom is 0.301 e. The highest BCUT2D eigenvalue weighted by Gasteiger charge is 2.11. The van der Waals surface area contributed by atoms with Gasteiger partial charge in [-0.2, -0.15) is 4.99 Å². The number of rotatable bonds is 4. The normalized spacial score (nSPS) is 11.5. The average molecular weight is 369 g/mol. The van der Waals surface area contributed by atoms with Crippen molar-refractivity contribution in [2.45, 2.75) is 13.5 Å². The largest absolute Gasteiger partial charge is 0.328 e. The Kier molecular flexibility index (Phi) is 4.93. The molecule has 0 radical (unpaired) electrons. The van der Waals surface area contributed by atoms with Crippen LogP contribution < -0.4 is 5.49 Å². The van der Waals surface area contributed by atoms with E-state index in [0.717, 1.165) is 16.8 Å². The van der Waals surface area contributed by atoms with Crippen molar-refractivity contribution >= 4 is 5.91 Å². The first-order valence-electron chi connectivity index (χ1n) is 8.97. The molecule has 0 bridgehead atoms. The van der Waals surface area contributed by atoms with Gasteiger partial charge in [-0.3, -0.25) is 4.79 Å². The first-order chi connectivity index (χ1) is 13.7. The molecule has 1 amide bonds. The Balaban J connectivity index is 1.62. The van der Waals surface area contributed by atoms with E-state index in [0.29, 0.717) is 12.0 Å². The monoisotopic (exact) mass is 369 g/mol. The van der Waals surface area contributed by atoms with Gasteiger partial charge in [0.2, 0.25) is 0 Å². The maximum atomic E-state index is 12.6. The number of hydrogen-bond acceptors (Lipinski definition) is 3. The first kappa shape index (κ1) is 17.6. The van der Waals surface area contributed by atoms with E-state index in [1.165, 1.54) is 0 Å². The van der Waals surface area contributed by atoms with E-state index < -0.39 is 5.91 Å². The van der Waals surface area contributed by atoms with Gasteiger partial charge in [0.1, 0.15) is 5.49 Å². The maximum absolute atomic E-state index is 12.6. The molecule has 0 fully saturated rings. The Morgan fingerprint density at radius 3 is 2.64 bits per heavy atom. The second-order valence-electron chi connectivity index (χ2n) is 6.48. The summed E-state index contributed by atoms with van der Waals surface area (Å²) in [4.78, 5) is 16.9. The Morgan fingerprint density at radius 1 is 1.00 bits per heavy atom. The fourth-order valence-corrected chi connectivity index (χ4v) is 2.90. The van der Waals surface area contributed by atoms with E-state index >= 15 is 0 Å². The summed E-state index contributed by atoms with van der Waals surface area (Å²) in [7, 11) is 0. The molecular formula is C22H19N5O. The van der Waals surface area contributed by atoms with Crippen LogP contribution in [0.5, 0.6) is 0 Å². The van der Waals surface area contributed by atoms with Crippen molar-refractivity contribution in [3.63, 3.8) is 0 Å². The highest BCUT2D eigenvalue weighted by molar-refractivity contribution is 5.92. The zero-order valence-electron chi connectivity index (χ0n) is 15.4. The van der Waals surface area contributed by atoms with Crippen LogP contribution in [0, 0.1) is 6.92 Å². The molecule has 6 heteroatoms. The molecule has 0 saturated carbocycles. The molecule has 0 aliphatic carbocycles. The van der Waals surface area contributed by atoms with Crippen molar-refractivity contribution < 1.29 is 4.79 Å². The van der Waals surface area contributed by atoms with Crippen LogP contribution in [0.25, 0.3) is 5.69 Å². The van der Waals surface area contributed by atoms with E-state index in [4.69, 9.17) is 0 Å². The van der Waals surface area contributed by atoms with E-state index in [1.807, 2.05) is 90.5 Å². The number of benzene rings is 2. The molecule has 0 unspecified atom stereocenters. The summed E-state index contributed by atoms with van der Waals surface area (Å²) >= 11 is 0. The smallest absolute Gasteiger partial charge is 0.301 e. The van der Waals surface area contributed by atoms with Crippen LogP contribution in [-0.2, 0) is 6.54 Å². The van der Waals surface area contributed by atoms with Gasteiger partial charge in [0.25, 0.3) is 0 Å². The molecule has 138 valence electrons. The van der Waals surface area contributed by atoms with Gasteiger partial charge in [0.15, 0.2) is 5.69 Å². The molecule has 2 aromatic heterocycles. The van der Waals surface area contributed by atoms with Gasteiger partial charge in [0, 0.05) is 12.7 Å². The third-order valence-electron chi connectivity index (χ3n) is 4.31. The quantitative estimate of drug-likeness (QED) is 0.555. The molecule has 0 atom stereocenters. The second-order valence-corrected chi connectivity index (χ2v) is 6.48. The van der Waals surface area contributed by atoms with Crippen molar-refractivity contribution in [2.24, 2.45) is 4.99 Å². The minimum Gasteiger partial charge on any atom is -0.328 e. The van der Waals surface area contributed by atoms with Gasteiger partial charge in [-0.1, -0.05) is 53.7 Å². The third kappa shape index (κ3) is 3.96. The SMILES string of the molecule is Cc1cccc(-n2cc(C(=O)N=c3ccccn3Cc3ccccc3)nn2)c1. The fourth-order valence-electron chi connectivity index (χ4n) is 2.90. The Labute approximate surface area is 162 Å². The molecule has 4 rings (SSSR count). The Bertz CT molecular complexity index is 1170. The standard InChI is InChI=1S/C22H19N5O/c1-17-8-7-11-19(14-17)27-16-20(24-25-27)22(28)23-21-12-5-6-13-26(21)15-18-9-3-2-4-10-18/h2-14,16H,15H2,1H3. The highest BCUT2D eigenvalue weighted by atomic mass is 16.1. The minimum absolute atomic E-state index is 0.205. The van der Waals surface area contributed by atoms with Crippen molar-refractivity contribution in [1.82, 2.24) is 19.6 Å². The van der Waals surface area contributed by atoms with E-state index in [2.05, 4.69) is 15.3 Å². The van der Waals surface area contributed by atoms with Crippen LogP contribution in [-0.4, -0.2) is 25.5 Å². The minimum atomic E-state index is -0.424.